The molecule has 4 aromatic rings. The smallest absolute Gasteiger partial charge is 0.158 e. The van der Waals surface area contributed by atoms with Gasteiger partial charge in [0.2, 0.25) is 0 Å². The van der Waals surface area contributed by atoms with E-state index in [1.807, 2.05) is 15.9 Å². The molecule has 5 heterocycles. The molecule has 9 heteroatoms. The number of H-pyrrole nitrogens is 1. The van der Waals surface area contributed by atoms with Crippen molar-refractivity contribution in [1.82, 2.24) is 24.5 Å². The lowest BCUT2D eigenvalue weighted by Crippen LogP contribution is -2.41. The van der Waals surface area contributed by atoms with Crippen LogP contribution in [0.5, 0.6) is 0 Å². The summed E-state index contributed by atoms with van der Waals surface area (Å²) < 4.78 is 25.3. The normalized spacial score (nSPS) is 19.6. The molecule has 0 spiro atoms. The van der Waals surface area contributed by atoms with E-state index in [2.05, 4.69) is 67.7 Å². The Morgan fingerprint density at radius 2 is 1.95 bits per heavy atom. The zero-order valence-corrected chi connectivity index (χ0v) is 24.7. The second-order valence-corrected chi connectivity index (χ2v) is 14.5. The molecule has 2 atom stereocenters. The Kier molecular flexibility index (Phi) is 7.00. The van der Waals surface area contributed by atoms with E-state index in [1.165, 1.54) is 49.3 Å². The number of aromatic nitrogens is 4. The molecule has 0 radical (unpaired) electrons. The van der Waals surface area contributed by atoms with Gasteiger partial charge in [-0.1, -0.05) is 27.2 Å². The van der Waals surface area contributed by atoms with Crippen LogP contribution < -0.4 is 0 Å². The van der Waals surface area contributed by atoms with E-state index in [0.29, 0.717) is 24.3 Å². The highest BCUT2D eigenvalue weighted by Gasteiger charge is 2.33. The molecule has 0 aliphatic carbocycles. The number of aromatic amines is 1. The summed E-state index contributed by atoms with van der Waals surface area (Å²) >= 11 is 1.93. The molecule has 0 unspecified atom stereocenters. The second-order valence-electron chi connectivity index (χ2n) is 11.2. The summed E-state index contributed by atoms with van der Waals surface area (Å²) in [7, 11) is -2.94. The minimum atomic E-state index is -2.94. The minimum Gasteiger partial charge on any atom is -0.346 e. The van der Waals surface area contributed by atoms with Crippen molar-refractivity contribution in [2.24, 2.45) is 5.92 Å². The molecule has 0 saturated carbocycles. The van der Waals surface area contributed by atoms with Gasteiger partial charge in [0.1, 0.15) is 21.0 Å². The van der Waals surface area contributed by atoms with E-state index < -0.39 is 9.84 Å². The van der Waals surface area contributed by atoms with Gasteiger partial charge in [0.25, 0.3) is 0 Å². The summed E-state index contributed by atoms with van der Waals surface area (Å²) in [5.41, 5.74) is 8.50. The van der Waals surface area contributed by atoms with E-state index >= 15 is 0 Å². The Labute approximate surface area is 224 Å². The quantitative estimate of drug-likeness (QED) is 0.317. The van der Waals surface area contributed by atoms with Crippen LogP contribution in [0.25, 0.3) is 27.1 Å². The lowest BCUT2D eigenvalue weighted by Gasteiger charge is -2.38. The lowest BCUT2D eigenvalue weighted by molar-refractivity contribution is 0.159. The molecule has 1 saturated heterocycles. The Hall–Kier alpha value is -2.23. The lowest BCUT2D eigenvalue weighted by atomic mass is 9.81. The number of aryl methyl sites for hydroxylation is 2. The average Bonchev–Trinajstić information content (AvgIpc) is 3.54. The molecule has 37 heavy (non-hydrogen) atoms. The van der Waals surface area contributed by atoms with Crippen LogP contribution >= 0.6 is 11.3 Å². The molecule has 5 rings (SSSR count). The first kappa shape index (κ1) is 26.4. The fourth-order valence-electron chi connectivity index (χ4n) is 6.21. The Balaban J connectivity index is 1.53. The van der Waals surface area contributed by atoms with Crippen molar-refractivity contribution in [2.45, 2.75) is 66.2 Å². The van der Waals surface area contributed by atoms with Crippen LogP contribution in [0.3, 0.4) is 0 Å². The molecule has 0 bridgehead atoms. The number of hydrogen-bond acceptors (Lipinski definition) is 6. The molecular formula is C28H39N5O2S2. The topological polar surface area (TPSA) is 83.4 Å². The van der Waals surface area contributed by atoms with Crippen molar-refractivity contribution in [1.29, 1.82) is 0 Å². The van der Waals surface area contributed by atoms with Gasteiger partial charge in [0, 0.05) is 41.4 Å². The number of hydrogen-bond donors (Lipinski definition) is 1. The third kappa shape index (κ3) is 4.74. The van der Waals surface area contributed by atoms with Crippen LogP contribution in [0, 0.1) is 26.7 Å². The van der Waals surface area contributed by atoms with Gasteiger partial charge in [-0.3, -0.25) is 0 Å². The molecule has 1 N–H and O–H groups in total. The second kappa shape index (κ2) is 9.82. The number of fused-ring (bicyclic) bond motifs is 2. The first-order chi connectivity index (χ1) is 17.5. The summed E-state index contributed by atoms with van der Waals surface area (Å²) in [4.78, 5) is 13.4. The first-order valence-corrected chi connectivity index (χ1v) is 16.2. The average molecular weight is 542 g/mol. The molecule has 1 fully saturated rings. The van der Waals surface area contributed by atoms with Crippen molar-refractivity contribution in [3.8, 4) is 11.3 Å². The Bertz CT molecular complexity index is 1560. The zero-order valence-electron chi connectivity index (χ0n) is 23.1. The number of sulfone groups is 1. The van der Waals surface area contributed by atoms with E-state index in [1.54, 1.807) is 6.33 Å². The molecule has 0 amide bonds. The maximum absolute atomic E-state index is 11.7. The third-order valence-corrected chi connectivity index (χ3v) is 10.7. The van der Waals surface area contributed by atoms with Crippen LogP contribution in [0.1, 0.15) is 72.6 Å². The summed E-state index contributed by atoms with van der Waals surface area (Å²) in [6, 6.07) is 0. The van der Waals surface area contributed by atoms with E-state index in [9.17, 15) is 8.42 Å². The van der Waals surface area contributed by atoms with Gasteiger partial charge < -0.3 is 9.88 Å². The van der Waals surface area contributed by atoms with Crippen LogP contribution in [0.2, 0.25) is 0 Å². The van der Waals surface area contributed by atoms with Gasteiger partial charge in [-0.15, -0.1) is 11.3 Å². The first-order valence-electron chi connectivity index (χ1n) is 13.3. The van der Waals surface area contributed by atoms with Crippen LogP contribution in [-0.4, -0.2) is 64.5 Å². The van der Waals surface area contributed by atoms with Crippen LogP contribution in [0.15, 0.2) is 12.5 Å². The van der Waals surface area contributed by atoms with E-state index in [4.69, 9.17) is 0 Å². The van der Waals surface area contributed by atoms with Crippen LogP contribution in [0.4, 0.5) is 0 Å². The Morgan fingerprint density at radius 3 is 2.62 bits per heavy atom. The zero-order chi connectivity index (χ0) is 26.6. The SMILES string of the molecule is CC[C@H]1CN(CCS(C)(=O)=O)CC[C@H]1c1sc2[nH]c(-c3cn4ncnc4c(C)c3C)c(C(C)C)c2c1C. The highest BCUT2D eigenvalue weighted by molar-refractivity contribution is 7.90. The van der Waals surface area contributed by atoms with Crippen molar-refractivity contribution < 1.29 is 8.42 Å². The predicted molar refractivity (Wildman–Crippen MR) is 154 cm³/mol. The maximum Gasteiger partial charge on any atom is 0.158 e. The third-order valence-electron chi connectivity index (χ3n) is 8.39. The van der Waals surface area contributed by atoms with E-state index in [0.717, 1.165) is 37.1 Å². The molecule has 200 valence electrons. The van der Waals surface area contributed by atoms with Gasteiger partial charge in [0.05, 0.1) is 11.4 Å². The largest absolute Gasteiger partial charge is 0.346 e. The van der Waals surface area contributed by atoms with Gasteiger partial charge in [-0.25, -0.2) is 17.9 Å². The van der Waals surface area contributed by atoms with Crippen molar-refractivity contribution >= 4 is 37.0 Å². The summed E-state index contributed by atoms with van der Waals surface area (Å²) in [5, 5.41) is 5.81. The van der Waals surface area contributed by atoms with Gasteiger partial charge in [0.15, 0.2) is 5.65 Å². The number of pyridine rings is 1. The number of rotatable bonds is 7. The van der Waals surface area contributed by atoms with Crippen LogP contribution in [-0.2, 0) is 9.84 Å². The molecular weight excluding hydrogens is 502 g/mol. The number of nitrogens with one attached hydrogen (secondary N) is 1. The minimum absolute atomic E-state index is 0.245. The Morgan fingerprint density at radius 1 is 1.19 bits per heavy atom. The van der Waals surface area contributed by atoms with Gasteiger partial charge >= 0.3 is 0 Å². The fraction of sp³-hybridized carbons (Fsp3) is 0.571. The van der Waals surface area contributed by atoms with Crippen molar-refractivity contribution in [2.75, 3.05) is 31.6 Å². The predicted octanol–water partition coefficient (Wildman–Crippen LogP) is 5.85. The molecule has 1 aliphatic heterocycles. The number of thiophene rings is 1. The van der Waals surface area contributed by atoms with Crippen molar-refractivity contribution in [3.05, 3.63) is 39.7 Å². The fourth-order valence-corrected chi connectivity index (χ4v) is 8.26. The molecule has 0 aromatic carbocycles. The number of likely N-dealkylation sites (tertiary alicyclic amines) is 1. The molecule has 4 aromatic heterocycles. The van der Waals surface area contributed by atoms with E-state index in [-0.39, 0.29) is 5.75 Å². The number of piperidine rings is 1. The van der Waals surface area contributed by atoms with Gasteiger partial charge in [-0.2, -0.15) is 5.10 Å². The highest BCUT2D eigenvalue weighted by atomic mass is 32.2. The summed E-state index contributed by atoms with van der Waals surface area (Å²) in [5.74, 6) is 1.67. The summed E-state index contributed by atoms with van der Waals surface area (Å²) in [6.45, 7) is 16.0. The molecule has 1 aliphatic rings. The van der Waals surface area contributed by atoms with Gasteiger partial charge in [-0.05, 0) is 73.7 Å². The summed E-state index contributed by atoms with van der Waals surface area (Å²) in [6.07, 6.45) is 7.25. The maximum atomic E-state index is 11.7. The number of nitrogens with zero attached hydrogens (tertiary/aromatic N) is 4. The molecule has 7 nitrogen and oxygen atoms in total. The standard InChI is InChI=1S/C28H39N5O2S2/c1-8-20-13-32(11-12-37(7,34)35)10-9-21(20)26-19(6)24-23(16(2)3)25(31-28(24)36-26)22-14-33-27(29-15-30-33)18(5)17(22)4/h14-16,20-21,31H,8-13H2,1-7H3/t20-,21+/m0/s1. The highest BCUT2D eigenvalue weighted by Crippen LogP contribution is 2.48. The monoisotopic (exact) mass is 541 g/mol. The van der Waals surface area contributed by atoms with Crippen molar-refractivity contribution in [3.63, 3.8) is 0 Å².